The normalized spacial score (nSPS) is 37.0. The lowest BCUT2D eigenvalue weighted by Crippen LogP contribution is -2.22. The largest absolute Gasteiger partial charge is 0.328 e. The van der Waals surface area contributed by atoms with Gasteiger partial charge in [0.25, 0.3) is 0 Å². The Hall–Kier alpha value is -0.550. The van der Waals surface area contributed by atoms with Crippen molar-refractivity contribution in [3.8, 4) is 12.3 Å². The van der Waals surface area contributed by atoms with Gasteiger partial charge >= 0.3 is 0 Å². The molecule has 1 fully saturated rings. The van der Waals surface area contributed by atoms with E-state index in [4.69, 9.17) is 12.2 Å². The first-order chi connectivity index (χ1) is 5.16. The molecule has 62 valence electrons. The fraction of sp³-hybridized carbons (Fsp3) is 0.778. The number of hydrogen-bond donors (Lipinski definition) is 1. The number of alkyl halides is 1. The van der Waals surface area contributed by atoms with Gasteiger partial charge in [0, 0.05) is 12.5 Å². The molecule has 2 unspecified atom stereocenters. The Kier molecular flexibility index (Phi) is 2.51. The van der Waals surface area contributed by atoms with Gasteiger partial charge in [-0.25, -0.2) is 4.39 Å². The number of halogens is 1. The van der Waals surface area contributed by atoms with Crippen molar-refractivity contribution in [2.75, 3.05) is 0 Å². The molecule has 0 spiro atoms. The van der Waals surface area contributed by atoms with Crippen LogP contribution in [0.25, 0.3) is 0 Å². The molecular formula is C9H14FN. The van der Waals surface area contributed by atoms with Gasteiger partial charge < -0.3 is 5.73 Å². The Morgan fingerprint density at radius 1 is 1.73 bits per heavy atom. The number of rotatable bonds is 2. The van der Waals surface area contributed by atoms with Gasteiger partial charge in [-0.2, -0.15) is 0 Å². The van der Waals surface area contributed by atoms with Crippen molar-refractivity contribution in [1.82, 2.24) is 0 Å². The van der Waals surface area contributed by atoms with Crippen molar-refractivity contribution in [3.63, 3.8) is 0 Å². The molecule has 2 heteroatoms. The van der Waals surface area contributed by atoms with Crippen molar-refractivity contribution in [3.05, 3.63) is 0 Å². The van der Waals surface area contributed by atoms with Crippen molar-refractivity contribution in [2.45, 2.75) is 43.8 Å². The molecule has 0 aliphatic heterocycles. The SMILES string of the molecule is C#CCCC1(F)CCC(N)C1. The van der Waals surface area contributed by atoms with Crippen LogP contribution in [0.2, 0.25) is 0 Å². The molecule has 0 amide bonds. The van der Waals surface area contributed by atoms with Gasteiger partial charge in [0.1, 0.15) is 5.67 Å². The summed E-state index contributed by atoms with van der Waals surface area (Å²) in [6.07, 6.45) is 7.96. The molecule has 1 nitrogen and oxygen atoms in total. The summed E-state index contributed by atoms with van der Waals surface area (Å²) < 4.78 is 13.6. The summed E-state index contributed by atoms with van der Waals surface area (Å²) in [4.78, 5) is 0. The lowest BCUT2D eigenvalue weighted by Gasteiger charge is -2.17. The second-order valence-corrected chi connectivity index (χ2v) is 3.36. The average molecular weight is 155 g/mol. The van der Waals surface area contributed by atoms with Crippen molar-refractivity contribution < 1.29 is 4.39 Å². The van der Waals surface area contributed by atoms with Crippen molar-refractivity contribution in [2.24, 2.45) is 5.73 Å². The van der Waals surface area contributed by atoms with Gasteiger partial charge in [0.2, 0.25) is 0 Å². The van der Waals surface area contributed by atoms with E-state index in [0.29, 0.717) is 25.7 Å². The molecule has 0 radical (unpaired) electrons. The van der Waals surface area contributed by atoms with E-state index in [9.17, 15) is 4.39 Å². The smallest absolute Gasteiger partial charge is 0.113 e. The van der Waals surface area contributed by atoms with E-state index in [1.807, 2.05) is 0 Å². The van der Waals surface area contributed by atoms with E-state index in [-0.39, 0.29) is 6.04 Å². The van der Waals surface area contributed by atoms with Crippen LogP contribution < -0.4 is 5.73 Å². The Bertz CT molecular complexity index is 173. The molecule has 11 heavy (non-hydrogen) atoms. The summed E-state index contributed by atoms with van der Waals surface area (Å²) in [5, 5.41) is 0. The third kappa shape index (κ3) is 2.20. The zero-order valence-corrected chi connectivity index (χ0v) is 6.65. The van der Waals surface area contributed by atoms with Crippen LogP contribution in [0.15, 0.2) is 0 Å². The second-order valence-electron chi connectivity index (χ2n) is 3.36. The van der Waals surface area contributed by atoms with E-state index in [2.05, 4.69) is 5.92 Å². The van der Waals surface area contributed by atoms with Gasteiger partial charge in [-0.15, -0.1) is 12.3 Å². The van der Waals surface area contributed by atoms with Crippen LogP contribution in [0.5, 0.6) is 0 Å². The number of nitrogens with two attached hydrogens (primary N) is 1. The van der Waals surface area contributed by atoms with E-state index < -0.39 is 5.67 Å². The number of terminal acetylenes is 1. The molecule has 2 atom stereocenters. The van der Waals surface area contributed by atoms with Crippen molar-refractivity contribution in [1.29, 1.82) is 0 Å². The molecule has 0 heterocycles. The monoisotopic (exact) mass is 155 g/mol. The lowest BCUT2D eigenvalue weighted by molar-refractivity contribution is 0.159. The summed E-state index contributed by atoms with van der Waals surface area (Å²) in [5.74, 6) is 2.45. The van der Waals surface area contributed by atoms with Crippen LogP contribution in [0, 0.1) is 12.3 Å². The summed E-state index contributed by atoms with van der Waals surface area (Å²) in [6, 6.07) is 0.0535. The highest BCUT2D eigenvalue weighted by molar-refractivity contribution is 4.95. The highest BCUT2D eigenvalue weighted by Gasteiger charge is 2.36. The molecule has 0 saturated heterocycles. The molecule has 0 aromatic rings. The Morgan fingerprint density at radius 3 is 2.91 bits per heavy atom. The predicted molar refractivity (Wildman–Crippen MR) is 43.7 cm³/mol. The zero-order chi connectivity index (χ0) is 8.32. The summed E-state index contributed by atoms with van der Waals surface area (Å²) >= 11 is 0. The predicted octanol–water partition coefficient (Wildman–Crippen LogP) is 1.62. The van der Waals surface area contributed by atoms with E-state index >= 15 is 0 Å². The Morgan fingerprint density at radius 2 is 2.45 bits per heavy atom. The topological polar surface area (TPSA) is 26.0 Å². The minimum Gasteiger partial charge on any atom is -0.328 e. The minimum atomic E-state index is -1.05. The maximum Gasteiger partial charge on any atom is 0.113 e. The van der Waals surface area contributed by atoms with Crippen LogP contribution in [-0.4, -0.2) is 11.7 Å². The third-order valence-electron chi connectivity index (χ3n) is 2.31. The van der Waals surface area contributed by atoms with E-state index in [0.717, 1.165) is 6.42 Å². The fourth-order valence-electron chi connectivity index (χ4n) is 1.64. The zero-order valence-electron chi connectivity index (χ0n) is 6.65. The molecule has 0 bridgehead atoms. The van der Waals surface area contributed by atoms with Crippen molar-refractivity contribution >= 4 is 0 Å². The Labute approximate surface area is 67.2 Å². The lowest BCUT2D eigenvalue weighted by atomic mass is 9.98. The standard InChI is InChI=1S/C9H14FN/c1-2-3-5-9(10)6-4-8(11)7-9/h1,8H,3-7,11H2. The molecule has 1 saturated carbocycles. The second kappa shape index (κ2) is 3.23. The summed E-state index contributed by atoms with van der Waals surface area (Å²) in [7, 11) is 0. The van der Waals surface area contributed by atoms with Crippen LogP contribution in [0.1, 0.15) is 32.1 Å². The van der Waals surface area contributed by atoms with Crippen LogP contribution in [-0.2, 0) is 0 Å². The highest BCUT2D eigenvalue weighted by Crippen LogP contribution is 2.36. The molecular weight excluding hydrogens is 141 g/mol. The van der Waals surface area contributed by atoms with Gasteiger partial charge in [0.05, 0.1) is 0 Å². The molecule has 0 aromatic carbocycles. The summed E-state index contributed by atoms with van der Waals surface area (Å²) in [6.45, 7) is 0. The molecule has 1 rings (SSSR count). The van der Waals surface area contributed by atoms with Gasteiger partial charge in [0.15, 0.2) is 0 Å². The van der Waals surface area contributed by atoms with Gasteiger partial charge in [-0.3, -0.25) is 0 Å². The maximum atomic E-state index is 13.6. The molecule has 1 aliphatic rings. The third-order valence-corrected chi connectivity index (χ3v) is 2.31. The minimum absolute atomic E-state index is 0.0535. The summed E-state index contributed by atoms with van der Waals surface area (Å²) in [5.41, 5.74) is 4.54. The highest BCUT2D eigenvalue weighted by atomic mass is 19.1. The molecule has 2 N–H and O–H groups in total. The first-order valence-electron chi connectivity index (χ1n) is 4.04. The van der Waals surface area contributed by atoms with E-state index in [1.54, 1.807) is 0 Å². The van der Waals surface area contributed by atoms with Crippen LogP contribution in [0.4, 0.5) is 4.39 Å². The number of hydrogen-bond acceptors (Lipinski definition) is 1. The fourth-order valence-corrected chi connectivity index (χ4v) is 1.64. The first-order valence-corrected chi connectivity index (χ1v) is 4.04. The molecule has 1 aliphatic carbocycles. The van der Waals surface area contributed by atoms with Gasteiger partial charge in [-0.1, -0.05) is 0 Å². The first kappa shape index (κ1) is 8.55. The maximum absolute atomic E-state index is 13.6. The van der Waals surface area contributed by atoms with Crippen LogP contribution in [0.3, 0.4) is 0 Å². The molecule has 0 aromatic heterocycles. The Balaban J connectivity index is 2.37. The quantitative estimate of drug-likeness (QED) is 0.602. The van der Waals surface area contributed by atoms with E-state index in [1.165, 1.54) is 0 Å². The average Bonchev–Trinajstić information content (AvgIpc) is 2.28. The van der Waals surface area contributed by atoms with Gasteiger partial charge in [-0.05, 0) is 25.7 Å². The van der Waals surface area contributed by atoms with Crippen LogP contribution >= 0.6 is 0 Å².